The van der Waals surface area contributed by atoms with Gasteiger partial charge in [0, 0.05) is 61.1 Å². The Bertz CT molecular complexity index is 1340. The van der Waals surface area contributed by atoms with E-state index in [0.29, 0.717) is 49.1 Å². The Balaban J connectivity index is 1.26. The minimum Gasteiger partial charge on any atom is -0.423 e. The highest BCUT2D eigenvalue weighted by molar-refractivity contribution is 5.59. The van der Waals surface area contributed by atoms with Crippen LogP contribution >= 0.6 is 0 Å². The maximum absolute atomic E-state index is 13.3. The number of anilines is 2. The standard InChI is InChI=1S/C28H29F6N5O2/c29-27(30,31)25-13-19(9-11-35-25)38-12-10-22-18(16-38)14-36-21-3-1-2-4-23(21)39(22)26-37-15-24(40-26)17-5-7-20(8-6-17)41-28(32,33)34/h5-9,11,13,15,18,21-23,36H,1-4,10,12,14,16H2. The molecule has 220 valence electrons. The molecule has 4 heterocycles. The van der Waals surface area contributed by atoms with Crippen molar-refractivity contribution in [3.63, 3.8) is 0 Å². The summed E-state index contributed by atoms with van der Waals surface area (Å²) in [4.78, 5) is 12.4. The first kappa shape index (κ1) is 27.7. The lowest BCUT2D eigenvalue weighted by molar-refractivity contribution is -0.274. The Labute approximate surface area is 232 Å². The van der Waals surface area contributed by atoms with Crippen LogP contribution in [0.3, 0.4) is 0 Å². The van der Waals surface area contributed by atoms with Gasteiger partial charge < -0.3 is 24.3 Å². The first-order valence-corrected chi connectivity index (χ1v) is 13.7. The summed E-state index contributed by atoms with van der Waals surface area (Å²) in [6.07, 6.45) is -1.71. The van der Waals surface area contributed by atoms with E-state index in [-0.39, 0.29) is 29.8 Å². The number of oxazole rings is 1. The second-order valence-corrected chi connectivity index (χ2v) is 10.8. The summed E-state index contributed by atoms with van der Waals surface area (Å²) in [7, 11) is 0. The van der Waals surface area contributed by atoms with Crippen LogP contribution in [0.1, 0.15) is 37.8 Å². The molecule has 0 spiro atoms. The molecule has 13 heteroatoms. The van der Waals surface area contributed by atoms with Gasteiger partial charge in [-0.3, -0.25) is 4.98 Å². The number of aromatic nitrogens is 2. The Kier molecular flexibility index (Phi) is 7.25. The van der Waals surface area contributed by atoms with Gasteiger partial charge in [-0.2, -0.15) is 13.2 Å². The molecule has 0 amide bonds. The summed E-state index contributed by atoms with van der Waals surface area (Å²) >= 11 is 0. The predicted octanol–water partition coefficient (Wildman–Crippen LogP) is 6.27. The molecule has 1 saturated carbocycles. The molecule has 7 nitrogen and oxygen atoms in total. The van der Waals surface area contributed by atoms with Crippen molar-refractivity contribution in [3.05, 3.63) is 54.5 Å². The highest BCUT2D eigenvalue weighted by atomic mass is 19.4. The Morgan fingerprint density at radius 2 is 1.71 bits per heavy atom. The Hall–Kier alpha value is -3.48. The van der Waals surface area contributed by atoms with Gasteiger partial charge in [0.2, 0.25) is 0 Å². The monoisotopic (exact) mass is 581 g/mol. The van der Waals surface area contributed by atoms with Crippen molar-refractivity contribution < 1.29 is 35.5 Å². The van der Waals surface area contributed by atoms with Gasteiger partial charge in [-0.15, -0.1) is 13.2 Å². The van der Waals surface area contributed by atoms with Crippen molar-refractivity contribution in [2.24, 2.45) is 5.92 Å². The molecule has 2 saturated heterocycles. The molecule has 0 bridgehead atoms. The molecule has 1 aromatic carbocycles. The van der Waals surface area contributed by atoms with Crippen LogP contribution in [0.15, 0.2) is 53.2 Å². The average molecular weight is 582 g/mol. The maximum atomic E-state index is 13.3. The molecular weight excluding hydrogens is 552 g/mol. The van der Waals surface area contributed by atoms with Crippen molar-refractivity contribution in [2.75, 3.05) is 29.4 Å². The SMILES string of the molecule is FC(F)(F)Oc1ccc(-c2cnc(N3C4CCN(c5ccnc(C(F)(F)F)c5)CC4CNC4CCCCC43)o2)cc1. The second kappa shape index (κ2) is 10.7. The van der Waals surface area contributed by atoms with E-state index in [1.807, 2.05) is 4.90 Å². The van der Waals surface area contributed by atoms with Crippen LogP contribution in [0, 0.1) is 5.92 Å². The first-order valence-electron chi connectivity index (χ1n) is 13.7. The number of piperidine rings is 1. The summed E-state index contributed by atoms with van der Waals surface area (Å²) in [5.74, 6) is 0.190. The lowest BCUT2D eigenvalue weighted by Gasteiger charge is -2.46. The fraction of sp³-hybridized carbons (Fsp3) is 0.500. The fourth-order valence-electron chi connectivity index (χ4n) is 6.45. The summed E-state index contributed by atoms with van der Waals surface area (Å²) in [5.41, 5.74) is 0.153. The maximum Gasteiger partial charge on any atom is 0.573 e. The van der Waals surface area contributed by atoms with E-state index in [0.717, 1.165) is 31.7 Å². The van der Waals surface area contributed by atoms with Crippen LogP contribution in [-0.2, 0) is 6.18 Å². The minimum atomic E-state index is -4.78. The van der Waals surface area contributed by atoms with Crippen molar-refractivity contribution in [1.82, 2.24) is 15.3 Å². The Morgan fingerprint density at radius 3 is 2.46 bits per heavy atom. The van der Waals surface area contributed by atoms with E-state index in [1.165, 1.54) is 30.5 Å². The van der Waals surface area contributed by atoms with E-state index < -0.39 is 18.2 Å². The van der Waals surface area contributed by atoms with Crippen LogP contribution in [0.2, 0.25) is 0 Å². The molecule has 0 radical (unpaired) electrons. The van der Waals surface area contributed by atoms with Gasteiger partial charge in [0.15, 0.2) is 5.76 Å². The molecule has 41 heavy (non-hydrogen) atoms. The molecule has 3 fully saturated rings. The third-order valence-electron chi connectivity index (χ3n) is 8.27. The van der Waals surface area contributed by atoms with E-state index in [4.69, 9.17) is 4.42 Å². The van der Waals surface area contributed by atoms with Crippen molar-refractivity contribution in [3.8, 4) is 17.1 Å². The molecule has 2 aromatic heterocycles. The zero-order chi connectivity index (χ0) is 28.8. The molecule has 3 aromatic rings. The van der Waals surface area contributed by atoms with Gasteiger partial charge in [0.05, 0.1) is 6.20 Å². The van der Waals surface area contributed by atoms with Gasteiger partial charge in [-0.05, 0) is 55.7 Å². The van der Waals surface area contributed by atoms with Crippen LogP contribution < -0.4 is 19.9 Å². The third kappa shape index (κ3) is 5.95. The average Bonchev–Trinajstić information content (AvgIpc) is 3.35. The summed E-state index contributed by atoms with van der Waals surface area (Å²) < 4.78 is 87.8. The summed E-state index contributed by atoms with van der Waals surface area (Å²) in [6, 6.07) is 9.00. The second-order valence-electron chi connectivity index (χ2n) is 10.8. The number of fused-ring (bicyclic) bond motifs is 2. The fourth-order valence-corrected chi connectivity index (χ4v) is 6.45. The lowest BCUT2D eigenvalue weighted by Crippen LogP contribution is -2.56. The van der Waals surface area contributed by atoms with Gasteiger partial charge in [-0.1, -0.05) is 12.8 Å². The first-order chi connectivity index (χ1) is 19.5. The number of nitrogens with one attached hydrogen (secondary N) is 1. The van der Waals surface area contributed by atoms with Gasteiger partial charge in [0.1, 0.15) is 11.4 Å². The number of benzene rings is 1. The number of halogens is 6. The minimum absolute atomic E-state index is 0.0461. The number of rotatable bonds is 4. The highest BCUT2D eigenvalue weighted by Gasteiger charge is 2.45. The lowest BCUT2D eigenvalue weighted by atomic mass is 9.87. The number of alkyl halides is 6. The Morgan fingerprint density at radius 1 is 0.927 bits per heavy atom. The van der Waals surface area contributed by atoms with Crippen LogP contribution in [-0.4, -0.2) is 54.1 Å². The topological polar surface area (TPSA) is 66.7 Å². The largest absolute Gasteiger partial charge is 0.573 e. The number of ether oxygens (including phenoxy) is 1. The molecule has 3 aliphatic rings. The van der Waals surface area contributed by atoms with E-state index in [1.54, 1.807) is 12.3 Å². The predicted molar refractivity (Wildman–Crippen MR) is 138 cm³/mol. The van der Waals surface area contributed by atoms with Gasteiger partial charge in [0.25, 0.3) is 6.01 Å². The molecule has 4 atom stereocenters. The van der Waals surface area contributed by atoms with Crippen LogP contribution in [0.5, 0.6) is 5.75 Å². The molecule has 2 aliphatic heterocycles. The van der Waals surface area contributed by atoms with Crippen LogP contribution in [0.25, 0.3) is 11.3 Å². The number of pyridine rings is 1. The zero-order valence-corrected chi connectivity index (χ0v) is 22.0. The zero-order valence-electron chi connectivity index (χ0n) is 22.0. The van der Waals surface area contributed by atoms with Gasteiger partial charge >= 0.3 is 12.5 Å². The normalized spacial score (nSPS) is 25.3. The smallest absolute Gasteiger partial charge is 0.423 e. The van der Waals surface area contributed by atoms with Gasteiger partial charge in [-0.25, -0.2) is 4.98 Å². The molecule has 4 unspecified atom stereocenters. The molecule has 6 rings (SSSR count). The quantitative estimate of drug-likeness (QED) is 0.365. The number of hydrogen-bond donors (Lipinski definition) is 1. The highest BCUT2D eigenvalue weighted by Crippen LogP contribution is 2.39. The van der Waals surface area contributed by atoms with E-state index in [2.05, 4.69) is 24.9 Å². The summed E-state index contributed by atoms with van der Waals surface area (Å²) in [6.45, 7) is 1.83. The van der Waals surface area contributed by atoms with Crippen molar-refractivity contribution in [2.45, 2.75) is 62.8 Å². The number of nitrogens with zero attached hydrogens (tertiary/aromatic N) is 4. The van der Waals surface area contributed by atoms with Crippen molar-refractivity contribution >= 4 is 11.7 Å². The molecular formula is C28H29F6N5O2. The number of hydrogen-bond acceptors (Lipinski definition) is 7. The summed E-state index contributed by atoms with van der Waals surface area (Å²) in [5, 5.41) is 3.72. The third-order valence-corrected chi connectivity index (χ3v) is 8.27. The van der Waals surface area contributed by atoms with E-state index in [9.17, 15) is 26.3 Å². The molecule has 1 aliphatic carbocycles. The van der Waals surface area contributed by atoms with Crippen molar-refractivity contribution in [1.29, 1.82) is 0 Å². The van der Waals surface area contributed by atoms with E-state index >= 15 is 0 Å². The van der Waals surface area contributed by atoms with Crippen LogP contribution in [0.4, 0.5) is 38.0 Å². The molecule has 1 N–H and O–H groups in total.